The number of halogens is 1. The fourth-order valence-corrected chi connectivity index (χ4v) is 2.36. The quantitative estimate of drug-likeness (QED) is 0.785. The van der Waals surface area contributed by atoms with Crippen LogP contribution in [0.2, 0.25) is 5.02 Å². The van der Waals surface area contributed by atoms with Crippen LogP contribution in [0.3, 0.4) is 0 Å². The van der Waals surface area contributed by atoms with Gasteiger partial charge in [0.2, 0.25) is 5.88 Å². The number of nitrogens with zero attached hydrogens (tertiary/aromatic N) is 4. The Morgan fingerprint density at radius 1 is 1.05 bits per heavy atom. The van der Waals surface area contributed by atoms with Gasteiger partial charge in [0, 0.05) is 27.6 Å². The molecule has 0 amide bonds. The zero-order chi connectivity index (χ0) is 13.2. The molecule has 1 N–H and O–H groups in total. The van der Waals surface area contributed by atoms with Crippen molar-refractivity contribution in [1.29, 1.82) is 0 Å². The summed E-state index contributed by atoms with van der Waals surface area (Å²) in [5, 5.41) is 15.9. The molecule has 0 radical (unpaired) electrons. The van der Waals surface area contributed by atoms with Gasteiger partial charge in [-0.15, -0.1) is 5.10 Å². The topological polar surface area (TPSA) is 71.8 Å². The van der Waals surface area contributed by atoms with Crippen molar-refractivity contribution >= 4 is 23.1 Å². The molecular formula is C12H7ClN4OS. The highest BCUT2D eigenvalue weighted by Crippen LogP contribution is 2.33. The summed E-state index contributed by atoms with van der Waals surface area (Å²) < 4.78 is 3.85. The normalized spacial score (nSPS) is 10.6. The largest absolute Gasteiger partial charge is 0.493 e. The summed E-state index contributed by atoms with van der Waals surface area (Å²) in [6, 6.07) is 6.89. The Morgan fingerprint density at radius 3 is 2.68 bits per heavy atom. The van der Waals surface area contributed by atoms with Crippen LogP contribution in [-0.4, -0.2) is 24.7 Å². The first-order valence-electron chi connectivity index (χ1n) is 5.32. The van der Waals surface area contributed by atoms with Gasteiger partial charge < -0.3 is 5.11 Å². The lowest BCUT2D eigenvalue weighted by molar-refractivity contribution is 0.452. The molecule has 7 heteroatoms. The molecule has 5 nitrogen and oxygen atoms in total. The zero-order valence-corrected chi connectivity index (χ0v) is 11.1. The molecule has 0 aliphatic rings. The lowest BCUT2D eigenvalue weighted by atomic mass is 10.0. The number of benzene rings is 1. The molecule has 3 rings (SSSR count). The predicted octanol–water partition coefficient (Wildman–Crippen LogP) is 3.02. The van der Waals surface area contributed by atoms with Gasteiger partial charge in [0.25, 0.3) is 0 Å². The van der Waals surface area contributed by atoms with Crippen LogP contribution in [0.15, 0.2) is 36.0 Å². The monoisotopic (exact) mass is 290 g/mol. The molecule has 0 atom stereocenters. The first-order valence-corrected chi connectivity index (χ1v) is 6.54. The Balaban J connectivity index is 2.22. The van der Waals surface area contributed by atoms with Crippen molar-refractivity contribution in [3.63, 3.8) is 0 Å². The van der Waals surface area contributed by atoms with Crippen LogP contribution in [0, 0.1) is 0 Å². The van der Waals surface area contributed by atoms with Crippen LogP contribution in [-0.2, 0) is 0 Å². The molecule has 94 valence electrons. The fraction of sp³-hybridized carbons (Fsp3) is 0. The van der Waals surface area contributed by atoms with E-state index in [0.29, 0.717) is 10.7 Å². The van der Waals surface area contributed by atoms with E-state index < -0.39 is 0 Å². The maximum absolute atomic E-state index is 9.46. The van der Waals surface area contributed by atoms with Crippen molar-refractivity contribution in [1.82, 2.24) is 19.6 Å². The predicted molar refractivity (Wildman–Crippen MR) is 73.0 cm³/mol. The third-order valence-corrected chi connectivity index (χ3v) is 3.29. The molecule has 0 bridgehead atoms. The molecule has 0 spiro atoms. The molecule has 2 aromatic heterocycles. The molecule has 0 saturated heterocycles. The van der Waals surface area contributed by atoms with E-state index in [4.69, 9.17) is 11.6 Å². The van der Waals surface area contributed by atoms with E-state index >= 15 is 0 Å². The Hall–Kier alpha value is -2.05. The van der Waals surface area contributed by atoms with Gasteiger partial charge in [-0.1, -0.05) is 22.2 Å². The summed E-state index contributed by atoms with van der Waals surface area (Å²) in [7, 11) is 0. The van der Waals surface area contributed by atoms with Crippen molar-refractivity contribution in [2.45, 2.75) is 0 Å². The second-order valence-corrected chi connectivity index (χ2v) is 4.79. The van der Waals surface area contributed by atoms with Crippen molar-refractivity contribution in [3.8, 4) is 28.4 Å². The van der Waals surface area contributed by atoms with Gasteiger partial charge in [0.05, 0.1) is 5.69 Å². The Bertz CT molecular complexity index is 718. The molecule has 0 unspecified atom stereocenters. The molecule has 19 heavy (non-hydrogen) atoms. The minimum absolute atomic E-state index is 0.0904. The number of aromatic hydroxyl groups is 1. The Morgan fingerprint density at radius 2 is 1.95 bits per heavy atom. The number of aromatic nitrogens is 4. The standard InChI is InChI=1S/C12H7ClN4OS/c13-7-1-2-8(11-5-19-17-16-11)9(3-7)10-4-12(18)15-6-14-10/h1-6H,(H,14,15,18). The van der Waals surface area contributed by atoms with Gasteiger partial charge in [-0.05, 0) is 23.7 Å². The second kappa shape index (κ2) is 4.91. The van der Waals surface area contributed by atoms with Crippen LogP contribution in [0.5, 0.6) is 5.88 Å². The molecule has 0 saturated carbocycles. The molecule has 2 heterocycles. The van der Waals surface area contributed by atoms with Crippen LogP contribution < -0.4 is 0 Å². The van der Waals surface area contributed by atoms with Crippen molar-refractivity contribution in [2.24, 2.45) is 0 Å². The van der Waals surface area contributed by atoms with Gasteiger partial charge in [0.1, 0.15) is 12.0 Å². The number of hydrogen-bond donors (Lipinski definition) is 1. The van der Waals surface area contributed by atoms with E-state index in [9.17, 15) is 5.11 Å². The van der Waals surface area contributed by atoms with E-state index in [1.54, 1.807) is 12.1 Å². The highest BCUT2D eigenvalue weighted by atomic mass is 35.5. The summed E-state index contributed by atoms with van der Waals surface area (Å²) in [4.78, 5) is 7.81. The fourth-order valence-electron chi connectivity index (χ4n) is 1.73. The van der Waals surface area contributed by atoms with Crippen molar-refractivity contribution < 1.29 is 5.11 Å². The highest BCUT2D eigenvalue weighted by molar-refractivity contribution is 7.03. The average Bonchev–Trinajstić information content (AvgIpc) is 2.92. The smallest absolute Gasteiger partial charge is 0.214 e. The van der Waals surface area contributed by atoms with Gasteiger partial charge in [0.15, 0.2) is 0 Å². The van der Waals surface area contributed by atoms with Crippen molar-refractivity contribution in [3.05, 3.63) is 41.0 Å². The van der Waals surface area contributed by atoms with Crippen LogP contribution >= 0.6 is 23.1 Å². The first kappa shape index (κ1) is 12.0. The molecule has 1 aromatic carbocycles. The zero-order valence-electron chi connectivity index (χ0n) is 9.49. The highest BCUT2D eigenvalue weighted by Gasteiger charge is 2.12. The second-order valence-electron chi connectivity index (χ2n) is 3.74. The van der Waals surface area contributed by atoms with Gasteiger partial charge in [-0.3, -0.25) is 0 Å². The summed E-state index contributed by atoms with van der Waals surface area (Å²) in [5.74, 6) is -0.0904. The van der Waals surface area contributed by atoms with E-state index in [2.05, 4.69) is 19.6 Å². The minimum atomic E-state index is -0.0904. The van der Waals surface area contributed by atoms with Crippen molar-refractivity contribution in [2.75, 3.05) is 0 Å². The maximum Gasteiger partial charge on any atom is 0.214 e. The SMILES string of the molecule is Oc1cc(-c2cc(Cl)ccc2-c2csnn2)ncn1. The molecule has 0 fully saturated rings. The summed E-state index contributed by atoms with van der Waals surface area (Å²) in [6.45, 7) is 0. The minimum Gasteiger partial charge on any atom is -0.493 e. The van der Waals surface area contributed by atoms with E-state index in [0.717, 1.165) is 16.8 Å². The molecule has 0 aliphatic carbocycles. The third kappa shape index (κ3) is 2.40. The molecule has 0 aliphatic heterocycles. The van der Waals surface area contributed by atoms with Crippen LogP contribution in [0.25, 0.3) is 22.5 Å². The lowest BCUT2D eigenvalue weighted by Crippen LogP contribution is -1.90. The van der Waals surface area contributed by atoms with E-state index in [-0.39, 0.29) is 5.88 Å². The first-order chi connectivity index (χ1) is 9.24. The third-order valence-electron chi connectivity index (χ3n) is 2.55. The van der Waals surface area contributed by atoms with Gasteiger partial charge in [-0.25, -0.2) is 9.97 Å². The lowest BCUT2D eigenvalue weighted by Gasteiger charge is -2.07. The molecule has 3 aromatic rings. The number of hydrogen-bond acceptors (Lipinski definition) is 6. The molecular weight excluding hydrogens is 284 g/mol. The summed E-state index contributed by atoms with van der Waals surface area (Å²) in [5.41, 5.74) is 2.96. The van der Waals surface area contributed by atoms with Gasteiger partial charge >= 0.3 is 0 Å². The Labute approximate surface area is 117 Å². The summed E-state index contributed by atoms with van der Waals surface area (Å²) in [6.07, 6.45) is 1.30. The summed E-state index contributed by atoms with van der Waals surface area (Å²) >= 11 is 7.30. The van der Waals surface area contributed by atoms with E-state index in [1.807, 2.05) is 11.4 Å². The van der Waals surface area contributed by atoms with E-state index in [1.165, 1.54) is 23.9 Å². The Kier molecular flexibility index (Phi) is 3.10. The average molecular weight is 291 g/mol. The van der Waals surface area contributed by atoms with Gasteiger partial charge in [-0.2, -0.15) is 0 Å². The number of rotatable bonds is 2. The maximum atomic E-state index is 9.46. The van der Waals surface area contributed by atoms with Crippen LogP contribution in [0.4, 0.5) is 0 Å². The van der Waals surface area contributed by atoms with Crippen LogP contribution in [0.1, 0.15) is 0 Å².